The van der Waals surface area contributed by atoms with Gasteiger partial charge in [-0.15, -0.1) is 0 Å². The molecule has 1 fully saturated rings. The molecule has 0 aromatic heterocycles. The molecule has 0 spiro atoms. The number of carbonyl (C=O) groups excluding carboxylic acids is 1. The van der Waals surface area contributed by atoms with Gasteiger partial charge < -0.3 is 10.4 Å². The van der Waals surface area contributed by atoms with Gasteiger partial charge >= 0.3 is 5.97 Å². The van der Waals surface area contributed by atoms with Crippen molar-refractivity contribution in [3.8, 4) is 0 Å². The molecule has 0 bridgehead atoms. The second-order valence-corrected chi connectivity index (χ2v) is 5.34. The molecule has 19 heavy (non-hydrogen) atoms. The Morgan fingerprint density at radius 1 is 1.21 bits per heavy atom. The zero-order valence-electron chi connectivity index (χ0n) is 11.1. The largest absolute Gasteiger partial charge is 0.481 e. The molecule has 0 aliphatic heterocycles. The van der Waals surface area contributed by atoms with Crippen LogP contribution >= 0.6 is 0 Å². The number of rotatable bonds is 4. The minimum Gasteiger partial charge on any atom is -0.481 e. The Bertz CT molecular complexity index is 473. The second-order valence-electron chi connectivity index (χ2n) is 5.34. The van der Waals surface area contributed by atoms with Gasteiger partial charge in [-0.3, -0.25) is 9.59 Å². The van der Waals surface area contributed by atoms with Crippen LogP contribution in [0, 0.1) is 12.3 Å². The highest BCUT2D eigenvalue weighted by molar-refractivity contribution is 5.94. The Morgan fingerprint density at radius 2 is 1.79 bits per heavy atom. The van der Waals surface area contributed by atoms with Crippen LogP contribution in [0.15, 0.2) is 24.3 Å². The van der Waals surface area contributed by atoms with Gasteiger partial charge in [0.2, 0.25) is 0 Å². The highest BCUT2D eigenvalue weighted by Crippen LogP contribution is 2.37. The van der Waals surface area contributed by atoms with Gasteiger partial charge in [0.15, 0.2) is 0 Å². The molecule has 0 atom stereocenters. The van der Waals surface area contributed by atoms with Crippen LogP contribution < -0.4 is 5.32 Å². The number of carboxylic acids is 1. The first-order chi connectivity index (χ1) is 9.03. The first kappa shape index (κ1) is 13.6. The average molecular weight is 261 g/mol. The molecule has 4 heteroatoms. The zero-order chi connectivity index (χ0) is 13.9. The van der Waals surface area contributed by atoms with E-state index in [0.717, 1.165) is 18.4 Å². The fourth-order valence-corrected chi connectivity index (χ4v) is 2.57. The summed E-state index contributed by atoms with van der Waals surface area (Å²) in [5, 5.41) is 12.1. The average Bonchev–Trinajstić information content (AvgIpc) is 2.87. The van der Waals surface area contributed by atoms with Crippen molar-refractivity contribution >= 4 is 11.9 Å². The Morgan fingerprint density at radius 3 is 2.32 bits per heavy atom. The lowest BCUT2D eigenvalue weighted by molar-refractivity contribution is -0.148. The Balaban J connectivity index is 1.99. The van der Waals surface area contributed by atoms with Crippen LogP contribution in [0.25, 0.3) is 0 Å². The van der Waals surface area contributed by atoms with E-state index in [1.807, 2.05) is 19.1 Å². The summed E-state index contributed by atoms with van der Waals surface area (Å²) < 4.78 is 0. The van der Waals surface area contributed by atoms with Gasteiger partial charge in [-0.2, -0.15) is 0 Å². The van der Waals surface area contributed by atoms with Crippen molar-refractivity contribution in [1.29, 1.82) is 0 Å². The minimum atomic E-state index is -0.797. The summed E-state index contributed by atoms with van der Waals surface area (Å²) in [7, 11) is 0. The summed E-state index contributed by atoms with van der Waals surface area (Å²) in [6.45, 7) is 2.18. The Labute approximate surface area is 112 Å². The quantitative estimate of drug-likeness (QED) is 0.874. The van der Waals surface area contributed by atoms with Crippen LogP contribution in [0.2, 0.25) is 0 Å². The zero-order valence-corrected chi connectivity index (χ0v) is 11.1. The normalized spacial score (nSPS) is 17.1. The highest BCUT2D eigenvalue weighted by atomic mass is 16.4. The number of hydrogen-bond donors (Lipinski definition) is 2. The number of nitrogens with one attached hydrogen (secondary N) is 1. The van der Waals surface area contributed by atoms with E-state index in [1.54, 1.807) is 12.1 Å². The minimum absolute atomic E-state index is 0.201. The highest BCUT2D eigenvalue weighted by Gasteiger charge is 2.41. The van der Waals surface area contributed by atoms with Crippen LogP contribution in [0.4, 0.5) is 0 Å². The third kappa shape index (κ3) is 2.95. The van der Waals surface area contributed by atoms with Crippen molar-refractivity contribution < 1.29 is 14.7 Å². The number of aliphatic carboxylic acids is 1. The molecule has 1 aliphatic carbocycles. The third-order valence-corrected chi connectivity index (χ3v) is 3.92. The molecule has 1 aromatic rings. The molecule has 0 radical (unpaired) electrons. The van der Waals surface area contributed by atoms with Crippen LogP contribution in [-0.2, 0) is 4.79 Å². The van der Waals surface area contributed by atoms with E-state index >= 15 is 0 Å². The number of carboxylic acid groups (broad SMARTS) is 1. The van der Waals surface area contributed by atoms with Crippen molar-refractivity contribution in [2.45, 2.75) is 32.6 Å². The number of amides is 1. The number of carbonyl (C=O) groups is 2. The van der Waals surface area contributed by atoms with E-state index in [0.29, 0.717) is 18.4 Å². The number of hydrogen-bond acceptors (Lipinski definition) is 2. The lowest BCUT2D eigenvalue weighted by Gasteiger charge is -2.23. The molecule has 1 amide bonds. The van der Waals surface area contributed by atoms with Crippen molar-refractivity contribution in [3.05, 3.63) is 35.4 Å². The predicted molar refractivity (Wildman–Crippen MR) is 72.0 cm³/mol. The first-order valence-corrected chi connectivity index (χ1v) is 6.62. The summed E-state index contributed by atoms with van der Waals surface area (Å²) in [6, 6.07) is 7.26. The maximum Gasteiger partial charge on any atom is 0.311 e. The molecule has 0 saturated heterocycles. The molecular weight excluding hydrogens is 242 g/mol. The standard InChI is InChI=1S/C15H19NO3/c1-11-4-6-12(7-5-11)13(17)16-10-15(14(18)19)8-2-3-9-15/h4-7H,2-3,8-10H2,1H3,(H,16,17)(H,18,19). The summed E-state index contributed by atoms with van der Waals surface area (Å²) in [4.78, 5) is 23.3. The third-order valence-electron chi connectivity index (χ3n) is 3.92. The van der Waals surface area contributed by atoms with Gasteiger partial charge in [-0.25, -0.2) is 0 Å². The van der Waals surface area contributed by atoms with Crippen molar-refractivity contribution in [2.24, 2.45) is 5.41 Å². The van der Waals surface area contributed by atoms with E-state index in [2.05, 4.69) is 5.32 Å². The Kier molecular flexibility index (Phi) is 3.88. The summed E-state index contributed by atoms with van der Waals surface area (Å²) >= 11 is 0. The van der Waals surface area contributed by atoms with Crippen LogP contribution in [0.3, 0.4) is 0 Å². The van der Waals surface area contributed by atoms with Gasteiger partial charge in [0.1, 0.15) is 0 Å². The van der Waals surface area contributed by atoms with E-state index < -0.39 is 11.4 Å². The number of aryl methyl sites for hydroxylation is 1. The smallest absolute Gasteiger partial charge is 0.311 e. The molecule has 2 rings (SSSR count). The maximum absolute atomic E-state index is 12.0. The fourth-order valence-electron chi connectivity index (χ4n) is 2.57. The van der Waals surface area contributed by atoms with Gasteiger partial charge in [0.25, 0.3) is 5.91 Å². The molecule has 102 valence electrons. The van der Waals surface area contributed by atoms with E-state index in [4.69, 9.17) is 0 Å². The molecule has 0 heterocycles. The summed E-state index contributed by atoms with van der Waals surface area (Å²) in [5.41, 5.74) is 0.902. The van der Waals surface area contributed by atoms with Gasteiger partial charge in [0, 0.05) is 12.1 Å². The van der Waals surface area contributed by atoms with Crippen molar-refractivity contribution in [3.63, 3.8) is 0 Å². The van der Waals surface area contributed by atoms with Crippen LogP contribution in [0.1, 0.15) is 41.6 Å². The molecule has 2 N–H and O–H groups in total. The second kappa shape index (κ2) is 5.43. The van der Waals surface area contributed by atoms with Gasteiger partial charge in [-0.05, 0) is 31.9 Å². The molecule has 1 aromatic carbocycles. The monoisotopic (exact) mass is 261 g/mol. The topological polar surface area (TPSA) is 66.4 Å². The fraction of sp³-hybridized carbons (Fsp3) is 0.467. The van der Waals surface area contributed by atoms with Crippen LogP contribution in [0.5, 0.6) is 0 Å². The van der Waals surface area contributed by atoms with Crippen molar-refractivity contribution in [2.75, 3.05) is 6.54 Å². The van der Waals surface area contributed by atoms with E-state index in [9.17, 15) is 14.7 Å². The molecule has 0 unspecified atom stereocenters. The Hall–Kier alpha value is -1.84. The van der Waals surface area contributed by atoms with Gasteiger partial charge in [-0.1, -0.05) is 30.5 Å². The lowest BCUT2D eigenvalue weighted by Crippen LogP contribution is -2.41. The summed E-state index contributed by atoms with van der Waals surface area (Å²) in [5.74, 6) is -0.998. The van der Waals surface area contributed by atoms with Crippen LogP contribution in [-0.4, -0.2) is 23.5 Å². The predicted octanol–water partition coefficient (Wildman–Crippen LogP) is 2.37. The molecular formula is C15H19NO3. The number of benzene rings is 1. The van der Waals surface area contributed by atoms with Crippen molar-refractivity contribution in [1.82, 2.24) is 5.32 Å². The molecule has 4 nitrogen and oxygen atoms in total. The van der Waals surface area contributed by atoms with E-state index in [-0.39, 0.29) is 12.5 Å². The summed E-state index contributed by atoms with van der Waals surface area (Å²) in [6.07, 6.45) is 3.15. The molecule has 1 aliphatic rings. The lowest BCUT2D eigenvalue weighted by atomic mass is 9.86. The SMILES string of the molecule is Cc1ccc(C(=O)NCC2(C(=O)O)CCCC2)cc1. The van der Waals surface area contributed by atoms with Gasteiger partial charge in [0.05, 0.1) is 5.41 Å². The van der Waals surface area contributed by atoms with E-state index in [1.165, 1.54) is 0 Å². The first-order valence-electron chi connectivity index (χ1n) is 6.62. The molecule has 1 saturated carbocycles. The maximum atomic E-state index is 12.0.